The van der Waals surface area contributed by atoms with Crippen LogP contribution >= 0.6 is 35.7 Å². The van der Waals surface area contributed by atoms with Gasteiger partial charge in [-0.15, -0.1) is 24.0 Å². The van der Waals surface area contributed by atoms with Crippen molar-refractivity contribution in [3.63, 3.8) is 0 Å². The number of aryl methyl sites for hydroxylation is 2. The van der Waals surface area contributed by atoms with Gasteiger partial charge in [-0.1, -0.05) is 47.5 Å². The van der Waals surface area contributed by atoms with Crippen molar-refractivity contribution in [2.45, 2.75) is 19.6 Å². The van der Waals surface area contributed by atoms with Gasteiger partial charge in [-0.2, -0.15) is 11.8 Å². The number of thioether (sulfide) groups is 1. The number of aliphatic imine (C=N–C) groups is 1. The predicted molar refractivity (Wildman–Crippen MR) is 114 cm³/mol. The van der Waals surface area contributed by atoms with Gasteiger partial charge < -0.3 is 11.1 Å². The third-order valence-electron chi connectivity index (χ3n) is 3.23. The van der Waals surface area contributed by atoms with Crippen LogP contribution < -0.4 is 11.1 Å². The van der Waals surface area contributed by atoms with Gasteiger partial charge in [-0.05, 0) is 31.5 Å². The summed E-state index contributed by atoms with van der Waals surface area (Å²) in [5.74, 6) is 2.45. The molecule has 23 heavy (non-hydrogen) atoms. The second-order valence-electron chi connectivity index (χ2n) is 5.30. The number of nitrogens with zero attached hydrogens (tertiary/aromatic N) is 1. The van der Waals surface area contributed by atoms with Gasteiger partial charge in [0.15, 0.2) is 5.96 Å². The molecule has 0 heterocycles. The third-order valence-corrected chi connectivity index (χ3v) is 4.24. The summed E-state index contributed by atoms with van der Waals surface area (Å²) in [6.45, 7) is 4.89. The van der Waals surface area contributed by atoms with Crippen LogP contribution in [0.1, 0.15) is 16.7 Å². The second kappa shape index (κ2) is 10.5. The number of benzene rings is 2. The van der Waals surface area contributed by atoms with Crippen molar-refractivity contribution in [3.05, 3.63) is 65.2 Å². The minimum atomic E-state index is 0. The Morgan fingerprint density at radius 3 is 2.17 bits per heavy atom. The average molecular weight is 441 g/mol. The molecule has 0 saturated heterocycles. The van der Waals surface area contributed by atoms with Crippen LogP contribution in [-0.4, -0.2) is 18.3 Å². The molecule has 5 heteroatoms. The molecular formula is C18H24IN3S. The molecule has 0 aliphatic heterocycles. The first-order chi connectivity index (χ1) is 10.6. The van der Waals surface area contributed by atoms with Crippen molar-refractivity contribution in [3.8, 4) is 0 Å². The topological polar surface area (TPSA) is 50.4 Å². The van der Waals surface area contributed by atoms with E-state index >= 15 is 0 Å². The monoisotopic (exact) mass is 441 g/mol. The standard InChI is InChI=1S/C18H23N3S.HI/c1-14-3-7-16(8-4-14)13-22-12-11-20-18(19)21-17-9-5-15(2)6-10-17;/h3-10H,11-13H2,1-2H3,(H3,19,20,21);1H. The van der Waals surface area contributed by atoms with E-state index in [0.29, 0.717) is 5.96 Å². The summed E-state index contributed by atoms with van der Waals surface area (Å²) in [7, 11) is 0. The Balaban J connectivity index is 0.00000264. The van der Waals surface area contributed by atoms with Crippen molar-refractivity contribution < 1.29 is 0 Å². The molecule has 124 valence electrons. The quantitative estimate of drug-likeness (QED) is 0.299. The van der Waals surface area contributed by atoms with E-state index in [1.165, 1.54) is 16.7 Å². The lowest BCUT2D eigenvalue weighted by Crippen LogP contribution is -2.23. The number of hydrogen-bond donors (Lipinski definition) is 2. The zero-order chi connectivity index (χ0) is 15.8. The highest BCUT2D eigenvalue weighted by atomic mass is 127. The second-order valence-corrected chi connectivity index (χ2v) is 6.40. The molecule has 0 amide bonds. The van der Waals surface area contributed by atoms with Crippen LogP contribution in [0, 0.1) is 13.8 Å². The van der Waals surface area contributed by atoms with E-state index in [-0.39, 0.29) is 24.0 Å². The summed E-state index contributed by atoms with van der Waals surface area (Å²) < 4.78 is 0. The molecule has 0 spiro atoms. The summed E-state index contributed by atoms with van der Waals surface area (Å²) in [5, 5.41) is 3.10. The zero-order valence-electron chi connectivity index (χ0n) is 13.6. The molecule has 0 saturated carbocycles. The number of rotatable bonds is 6. The van der Waals surface area contributed by atoms with Gasteiger partial charge in [0.25, 0.3) is 0 Å². The molecule has 0 aliphatic carbocycles. The minimum Gasteiger partial charge on any atom is -0.370 e. The molecule has 2 aromatic carbocycles. The van der Waals surface area contributed by atoms with Gasteiger partial charge in [0, 0.05) is 17.2 Å². The summed E-state index contributed by atoms with van der Waals surface area (Å²) >= 11 is 1.87. The maximum Gasteiger partial charge on any atom is 0.193 e. The molecule has 0 fully saturated rings. The minimum absolute atomic E-state index is 0. The number of halogens is 1. The first kappa shape index (κ1) is 19.8. The molecule has 0 aromatic heterocycles. The number of guanidine groups is 1. The smallest absolute Gasteiger partial charge is 0.193 e. The van der Waals surface area contributed by atoms with E-state index in [1.54, 1.807) is 0 Å². The summed E-state index contributed by atoms with van der Waals surface area (Å²) in [6, 6.07) is 16.8. The van der Waals surface area contributed by atoms with Gasteiger partial charge in [-0.3, -0.25) is 4.99 Å². The van der Waals surface area contributed by atoms with Gasteiger partial charge >= 0.3 is 0 Å². The van der Waals surface area contributed by atoms with Gasteiger partial charge in [0.05, 0.1) is 6.54 Å². The van der Waals surface area contributed by atoms with Crippen molar-refractivity contribution in [1.29, 1.82) is 0 Å². The fraction of sp³-hybridized carbons (Fsp3) is 0.278. The SMILES string of the molecule is Cc1ccc(CSCCN=C(N)Nc2ccc(C)cc2)cc1.I. The van der Waals surface area contributed by atoms with E-state index in [0.717, 1.165) is 23.7 Å². The Bertz CT molecular complexity index is 609. The lowest BCUT2D eigenvalue weighted by atomic mass is 10.2. The molecule has 0 bridgehead atoms. The zero-order valence-corrected chi connectivity index (χ0v) is 16.7. The lowest BCUT2D eigenvalue weighted by Gasteiger charge is -2.06. The van der Waals surface area contributed by atoms with E-state index < -0.39 is 0 Å². The molecule has 0 unspecified atom stereocenters. The van der Waals surface area contributed by atoms with Crippen LogP contribution in [0.5, 0.6) is 0 Å². The third kappa shape index (κ3) is 7.74. The van der Waals surface area contributed by atoms with Crippen molar-refractivity contribution in [1.82, 2.24) is 0 Å². The molecule has 3 N–H and O–H groups in total. The van der Waals surface area contributed by atoms with Crippen LogP contribution in [0.2, 0.25) is 0 Å². The first-order valence-corrected chi connectivity index (χ1v) is 8.56. The highest BCUT2D eigenvalue weighted by Gasteiger charge is 1.96. The largest absolute Gasteiger partial charge is 0.370 e. The number of nitrogens with one attached hydrogen (secondary N) is 1. The van der Waals surface area contributed by atoms with Gasteiger partial charge in [-0.25, -0.2) is 0 Å². The van der Waals surface area contributed by atoms with Gasteiger partial charge in [0.1, 0.15) is 0 Å². The maximum absolute atomic E-state index is 5.88. The molecular weight excluding hydrogens is 417 g/mol. The number of nitrogens with two attached hydrogens (primary N) is 1. The molecule has 2 rings (SSSR count). The predicted octanol–water partition coefficient (Wildman–Crippen LogP) is 4.58. The summed E-state index contributed by atoms with van der Waals surface area (Å²) in [5.41, 5.74) is 10.7. The molecule has 3 nitrogen and oxygen atoms in total. The molecule has 2 aromatic rings. The fourth-order valence-electron chi connectivity index (χ4n) is 1.93. The highest BCUT2D eigenvalue weighted by molar-refractivity contribution is 14.0. The first-order valence-electron chi connectivity index (χ1n) is 7.40. The number of hydrogen-bond acceptors (Lipinski definition) is 2. The number of anilines is 1. The van der Waals surface area contributed by atoms with E-state index in [4.69, 9.17) is 5.73 Å². The molecule has 0 aliphatic rings. The molecule has 0 radical (unpaired) electrons. The van der Waals surface area contributed by atoms with Crippen LogP contribution in [0.25, 0.3) is 0 Å². The van der Waals surface area contributed by atoms with E-state index in [2.05, 4.69) is 48.4 Å². The van der Waals surface area contributed by atoms with E-state index in [9.17, 15) is 0 Å². The van der Waals surface area contributed by atoms with Crippen molar-refractivity contribution in [2.24, 2.45) is 10.7 Å². The van der Waals surface area contributed by atoms with Crippen LogP contribution in [0.15, 0.2) is 53.5 Å². The van der Waals surface area contributed by atoms with Crippen LogP contribution in [0.3, 0.4) is 0 Å². The Morgan fingerprint density at radius 2 is 1.57 bits per heavy atom. The van der Waals surface area contributed by atoms with Crippen molar-refractivity contribution >= 4 is 47.4 Å². The van der Waals surface area contributed by atoms with Crippen LogP contribution in [0.4, 0.5) is 5.69 Å². The maximum atomic E-state index is 5.88. The summed E-state index contributed by atoms with van der Waals surface area (Å²) in [4.78, 5) is 4.35. The Morgan fingerprint density at radius 1 is 1.00 bits per heavy atom. The fourth-order valence-corrected chi connectivity index (χ4v) is 2.72. The van der Waals surface area contributed by atoms with Crippen LogP contribution in [-0.2, 0) is 5.75 Å². The Labute approximate surface area is 160 Å². The van der Waals surface area contributed by atoms with Crippen molar-refractivity contribution in [2.75, 3.05) is 17.6 Å². The summed E-state index contributed by atoms with van der Waals surface area (Å²) in [6.07, 6.45) is 0. The molecule has 0 atom stereocenters. The highest BCUT2D eigenvalue weighted by Crippen LogP contribution is 2.13. The normalized spacial score (nSPS) is 11.0. The lowest BCUT2D eigenvalue weighted by molar-refractivity contribution is 1.13. The Hall–Kier alpha value is -1.21. The van der Waals surface area contributed by atoms with Gasteiger partial charge in [0.2, 0.25) is 0 Å². The Kier molecular flexibility index (Phi) is 9.09. The van der Waals surface area contributed by atoms with E-state index in [1.807, 2.05) is 36.0 Å². The average Bonchev–Trinajstić information content (AvgIpc) is 2.51.